The van der Waals surface area contributed by atoms with Crippen molar-refractivity contribution in [3.8, 4) is 0 Å². The van der Waals surface area contributed by atoms with E-state index in [4.69, 9.17) is 29.2 Å². The molecule has 0 amide bonds. The molecule has 0 radical (unpaired) electrons. The Morgan fingerprint density at radius 1 is 0.686 bits per heavy atom. The van der Waals surface area contributed by atoms with Crippen LogP contribution >= 0.6 is 0 Å². The van der Waals surface area contributed by atoms with E-state index in [2.05, 4.69) is 6.92 Å². The van der Waals surface area contributed by atoms with Crippen molar-refractivity contribution in [3.05, 3.63) is 0 Å². The van der Waals surface area contributed by atoms with Gasteiger partial charge in [-0.15, -0.1) is 0 Å². The topological polar surface area (TPSA) is 121 Å². The first kappa shape index (κ1) is 32.7. The second-order valence-corrected chi connectivity index (χ2v) is 9.94. The number of unbranched alkanes of at least 4 members (excludes halogenated alkanes) is 14. The Kier molecular flexibility index (Phi) is 20.3. The summed E-state index contributed by atoms with van der Waals surface area (Å²) in [6.07, 6.45) is 17.3. The fraction of sp³-hybridized carbons (Fsp3) is 1.00. The van der Waals surface area contributed by atoms with Crippen molar-refractivity contribution < 1.29 is 39.4 Å². The van der Waals surface area contributed by atoms with Crippen molar-refractivity contribution in [1.82, 2.24) is 0 Å². The van der Waals surface area contributed by atoms with E-state index in [1.54, 1.807) is 0 Å². The minimum absolute atomic E-state index is 0.00633. The van der Waals surface area contributed by atoms with E-state index in [0.717, 1.165) is 19.3 Å². The van der Waals surface area contributed by atoms with Gasteiger partial charge in [-0.05, 0) is 6.42 Å². The molecule has 3 unspecified atom stereocenters. The molecule has 3 atom stereocenters. The molecular formula is C27H54O8. The van der Waals surface area contributed by atoms with E-state index >= 15 is 0 Å². The van der Waals surface area contributed by atoms with Gasteiger partial charge in [0.2, 0.25) is 0 Å². The van der Waals surface area contributed by atoms with Gasteiger partial charge in [0.05, 0.1) is 39.6 Å². The summed E-state index contributed by atoms with van der Waals surface area (Å²) in [6, 6.07) is 0. The molecular weight excluding hydrogens is 452 g/mol. The quantitative estimate of drug-likeness (QED) is 0.0748. The standard InChI is InChI=1S/C27H54O8/c1-2-3-4-5-6-7-8-9-10-11-12-13-14-15-16-17-27(33-20-24(30)18-28,34-21-25(31)19-29)35-23-26-22-32-26/h24-26,28-31H,2-23H2,1H3. The second kappa shape index (κ2) is 21.7. The lowest BCUT2D eigenvalue weighted by atomic mass is 10.0. The molecule has 210 valence electrons. The highest BCUT2D eigenvalue weighted by atomic mass is 16.9. The summed E-state index contributed by atoms with van der Waals surface area (Å²) < 4.78 is 22.7. The zero-order valence-electron chi connectivity index (χ0n) is 22.2. The molecule has 0 saturated carbocycles. The van der Waals surface area contributed by atoms with Crippen LogP contribution in [-0.2, 0) is 18.9 Å². The normalized spacial score (nSPS) is 18.9. The van der Waals surface area contributed by atoms with Crippen molar-refractivity contribution >= 4 is 0 Å². The average Bonchev–Trinajstić information content (AvgIpc) is 3.71. The first-order valence-electron chi connectivity index (χ1n) is 14.2. The van der Waals surface area contributed by atoms with E-state index in [1.807, 2.05) is 0 Å². The first-order valence-corrected chi connectivity index (χ1v) is 14.2. The molecule has 0 aromatic heterocycles. The molecule has 1 rings (SSSR count). The maximum absolute atomic E-state index is 9.74. The minimum atomic E-state index is -1.45. The Bertz CT molecular complexity index is 446. The molecule has 1 aliphatic heterocycles. The molecule has 8 heteroatoms. The van der Waals surface area contributed by atoms with Gasteiger partial charge in [-0.1, -0.05) is 96.8 Å². The summed E-state index contributed by atoms with van der Waals surface area (Å²) in [5, 5.41) is 37.7. The third-order valence-corrected chi connectivity index (χ3v) is 6.39. The number of aliphatic hydroxyl groups is 4. The van der Waals surface area contributed by atoms with E-state index < -0.39 is 31.4 Å². The van der Waals surface area contributed by atoms with Gasteiger partial charge in [-0.25, -0.2) is 0 Å². The average molecular weight is 507 g/mol. The minimum Gasteiger partial charge on any atom is -0.394 e. The molecule has 1 heterocycles. The van der Waals surface area contributed by atoms with Crippen molar-refractivity contribution in [3.63, 3.8) is 0 Å². The van der Waals surface area contributed by atoms with Gasteiger partial charge in [-0.2, -0.15) is 0 Å². The molecule has 4 N–H and O–H groups in total. The number of rotatable bonds is 27. The number of ether oxygens (including phenoxy) is 4. The van der Waals surface area contributed by atoms with E-state index in [1.165, 1.54) is 77.0 Å². The number of hydrogen-bond donors (Lipinski definition) is 4. The van der Waals surface area contributed by atoms with Crippen LogP contribution in [0.3, 0.4) is 0 Å². The summed E-state index contributed by atoms with van der Waals surface area (Å²) in [5.74, 6) is -1.45. The van der Waals surface area contributed by atoms with E-state index in [0.29, 0.717) is 13.0 Å². The Morgan fingerprint density at radius 2 is 1.09 bits per heavy atom. The van der Waals surface area contributed by atoms with Crippen LogP contribution in [0.15, 0.2) is 0 Å². The zero-order valence-corrected chi connectivity index (χ0v) is 22.2. The SMILES string of the molecule is CCCCCCCCCCCCCCCCCC(OCC(O)CO)(OCC(O)CO)OCC1CO1. The highest BCUT2D eigenvalue weighted by Crippen LogP contribution is 2.27. The van der Waals surface area contributed by atoms with Gasteiger partial charge in [-0.3, -0.25) is 0 Å². The Morgan fingerprint density at radius 3 is 1.46 bits per heavy atom. The Balaban J connectivity index is 2.23. The van der Waals surface area contributed by atoms with Crippen LogP contribution < -0.4 is 0 Å². The fourth-order valence-electron chi connectivity index (χ4n) is 3.99. The Labute approximate surface area is 213 Å². The third kappa shape index (κ3) is 18.6. The molecule has 1 fully saturated rings. The van der Waals surface area contributed by atoms with Crippen molar-refractivity contribution in [2.75, 3.05) is 39.6 Å². The molecule has 0 aromatic rings. The predicted octanol–water partition coefficient (Wildman–Crippen LogP) is 4.06. The third-order valence-electron chi connectivity index (χ3n) is 6.39. The van der Waals surface area contributed by atoms with E-state index in [-0.39, 0.29) is 25.9 Å². The summed E-state index contributed by atoms with van der Waals surface area (Å²) in [7, 11) is 0. The summed E-state index contributed by atoms with van der Waals surface area (Å²) >= 11 is 0. The molecule has 0 bridgehead atoms. The molecule has 1 saturated heterocycles. The maximum Gasteiger partial charge on any atom is 0.283 e. The van der Waals surface area contributed by atoms with Gasteiger partial charge in [0, 0.05) is 6.42 Å². The molecule has 0 aliphatic carbocycles. The van der Waals surface area contributed by atoms with Gasteiger partial charge in [0.15, 0.2) is 0 Å². The van der Waals surface area contributed by atoms with Gasteiger partial charge < -0.3 is 39.4 Å². The van der Waals surface area contributed by atoms with Crippen LogP contribution in [0.25, 0.3) is 0 Å². The smallest absolute Gasteiger partial charge is 0.283 e. The van der Waals surface area contributed by atoms with Gasteiger partial charge >= 0.3 is 0 Å². The molecule has 8 nitrogen and oxygen atoms in total. The van der Waals surface area contributed by atoms with Gasteiger partial charge in [0.1, 0.15) is 18.3 Å². The van der Waals surface area contributed by atoms with Crippen LogP contribution in [0.2, 0.25) is 0 Å². The summed E-state index contributed by atoms with van der Waals surface area (Å²) in [6.45, 7) is 1.99. The first-order chi connectivity index (χ1) is 17.0. The lowest BCUT2D eigenvalue weighted by Crippen LogP contribution is -2.44. The highest BCUT2D eigenvalue weighted by molar-refractivity contribution is 4.71. The molecule has 0 aromatic carbocycles. The van der Waals surface area contributed by atoms with Crippen molar-refractivity contribution in [1.29, 1.82) is 0 Å². The van der Waals surface area contributed by atoms with Crippen molar-refractivity contribution in [2.24, 2.45) is 0 Å². The van der Waals surface area contributed by atoms with Gasteiger partial charge in [0.25, 0.3) is 5.97 Å². The largest absolute Gasteiger partial charge is 0.394 e. The fourth-order valence-corrected chi connectivity index (χ4v) is 3.99. The maximum atomic E-state index is 9.74. The monoisotopic (exact) mass is 506 g/mol. The van der Waals surface area contributed by atoms with Crippen molar-refractivity contribution in [2.45, 2.75) is 134 Å². The number of epoxide rings is 1. The second-order valence-electron chi connectivity index (χ2n) is 9.94. The lowest BCUT2D eigenvalue weighted by Gasteiger charge is -2.34. The van der Waals surface area contributed by atoms with Crippen LogP contribution in [0.1, 0.15) is 110 Å². The number of hydrogen-bond acceptors (Lipinski definition) is 8. The zero-order chi connectivity index (χ0) is 25.6. The molecule has 1 aliphatic rings. The van der Waals surface area contributed by atoms with Crippen LogP contribution in [0.5, 0.6) is 0 Å². The van der Waals surface area contributed by atoms with Crippen LogP contribution in [-0.4, -0.2) is 84.4 Å². The highest BCUT2D eigenvalue weighted by Gasteiger charge is 2.37. The predicted molar refractivity (Wildman–Crippen MR) is 136 cm³/mol. The lowest BCUT2D eigenvalue weighted by molar-refractivity contribution is -0.392. The Hall–Kier alpha value is -0.320. The van der Waals surface area contributed by atoms with E-state index in [9.17, 15) is 10.2 Å². The molecule has 35 heavy (non-hydrogen) atoms. The van der Waals surface area contributed by atoms with Crippen LogP contribution in [0, 0.1) is 0 Å². The summed E-state index contributed by atoms with van der Waals surface area (Å²) in [4.78, 5) is 0. The van der Waals surface area contributed by atoms with Crippen LogP contribution in [0.4, 0.5) is 0 Å². The number of aliphatic hydroxyl groups excluding tert-OH is 4. The summed E-state index contributed by atoms with van der Waals surface area (Å²) in [5.41, 5.74) is 0. The molecule has 0 spiro atoms.